The second kappa shape index (κ2) is 5.92. The standard InChI is InChI=1S/C16H19NO4/c17-11-16(4-8-19-9-5-16)15(18)12-2-3-13-14(10-12)21-7-1-6-20-13/h2-3,10,15,18H,1,4-9H2. The summed E-state index contributed by atoms with van der Waals surface area (Å²) in [6.07, 6.45) is 1.08. The number of ether oxygens (including phenoxy) is 3. The molecule has 5 nitrogen and oxygen atoms in total. The first-order valence-electron chi connectivity index (χ1n) is 7.32. The largest absolute Gasteiger partial charge is 0.490 e. The molecule has 1 saturated heterocycles. The van der Waals surface area contributed by atoms with Gasteiger partial charge in [-0.1, -0.05) is 6.07 Å². The first kappa shape index (κ1) is 14.2. The van der Waals surface area contributed by atoms with Crippen LogP contribution >= 0.6 is 0 Å². The first-order chi connectivity index (χ1) is 10.2. The van der Waals surface area contributed by atoms with Crippen molar-refractivity contribution in [2.24, 2.45) is 5.41 Å². The lowest BCUT2D eigenvalue weighted by Crippen LogP contribution is -2.34. The summed E-state index contributed by atoms with van der Waals surface area (Å²) in [7, 11) is 0. The molecule has 0 saturated carbocycles. The van der Waals surface area contributed by atoms with Crippen LogP contribution in [0.1, 0.15) is 30.9 Å². The normalized spacial score (nSPS) is 21.9. The molecule has 0 amide bonds. The van der Waals surface area contributed by atoms with Crippen molar-refractivity contribution in [1.82, 2.24) is 0 Å². The highest BCUT2D eigenvalue weighted by Crippen LogP contribution is 2.44. The fourth-order valence-electron chi connectivity index (χ4n) is 2.85. The SMILES string of the molecule is N#CC1(C(O)c2ccc3c(c2)OCCCO3)CCOCC1. The van der Waals surface area contributed by atoms with Crippen molar-refractivity contribution in [2.75, 3.05) is 26.4 Å². The Morgan fingerprint density at radius 2 is 1.81 bits per heavy atom. The van der Waals surface area contributed by atoms with Gasteiger partial charge in [-0.25, -0.2) is 0 Å². The van der Waals surface area contributed by atoms with Crippen LogP contribution in [0, 0.1) is 16.7 Å². The predicted octanol–water partition coefficient (Wildman–Crippen LogP) is 2.20. The van der Waals surface area contributed by atoms with Crippen LogP contribution in [0.3, 0.4) is 0 Å². The molecule has 0 aliphatic carbocycles. The number of nitrogens with zero attached hydrogens (tertiary/aromatic N) is 1. The van der Waals surface area contributed by atoms with Crippen molar-refractivity contribution in [3.05, 3.63) is 23.8 Å². The van der Waals surface area contributed by atoms with Gasteiger partial charge in [-0.05, 0) is 30.5 Å². The minimum atomic E-state index is -0.844. The highest BCUT2D eigenvalue weighted by molar-refractivity contribution is 5.44. The molecule has 2 aliphatic rings. The third kappa shape index (κ3) is 2.69. The number of rotatable bonds is 2. The van der Waals surface area contributed by atoms with E-state index in [0.29, 0.717) is 56.3 Å². The van der Waals surface area contributed by atoms with Crippen molar-refractivity contribution < 1.29 is 19.3 Å². The number of aliphatic hydroxyl groups is 1. The molecule has 0 spiro atoms. The van der Waals surface area contributed by atoms with E-state index in [2.05, 4.69) is 6.07 Å². The minimum Gasteiger partial charge on any atom is -0.490 e. The van der Waals surface area contributed by atoms with Crippen LogP contribution in [0.25, 0.3) is 0 Å². The molecule has 0 aromatic heterocycles. The third-order valence-corrected chi connectivity index (χ3v) is 4.22. The Kier molecular flexibility index (Phi) is 4.00. The number of hydrogen-bond donors (Lipinski definition) is 1. The third-order valence-electron chi connectivity index (χ3n) is 4.22. The molecule has 1 N–H and O–H groups in total. The number of hydrogen-bond acceptors (Lipinski definition) is 5. The molecule has 112 valence electrons. The van der Waals surface area contributed by atoms with E-state index >= 15 is 0 Å². The summed E-state index contributed by atoms with van der Waals surface area (Å²) in [6.45, 7) is 2.25. The van der Waals surface area contributed by atoms with E-state index in [1.54, 1.807) is 6.07 Å². The van der Waals surface area contributed by atoms with E-state index in [0.717, 1.165) is 6.42 Å². The highest BCUT2D eigenvalue weighted by Gasteiger charge is 2.41. The quantitative estimate of drug-likeness (QED) is 0.903. The van der Waals surface area contributed by atoms with Crippen LogP contribution in [0.15, 0.2) is 18.2 Å². The second-order valence-electron chi connectivity index (χ2n) is 5.54. The molecule has 1 aromatic carbocycles. The zero-order valence-electron chi connectivity index (χ0n) is 11.9. The van der Waals surface area contributed by atoms with Gasteiger partial charge < -0.3 is 19.3 Å². The Morgan fingerprint density at radius 1 is 1.10 bits per heavy atom. The lowest BCUT2D eigenvalue weighted by molar-refractivity contribution is -0.0310. The van der Waals surface area contributed by atoms with Gasteiger partial charge >= 0.3 is 0 Å². The van der Waals surface area contributed by atoms with E-state index in [-0.39, 0.29) is 0 Å². The summed E-state index contributed by atoms with van der Waals surface area (Å²) in [5, 5.41) is 20.2. The zero-order valence-corrected chi connectivity index (χ0v) is 11.9. The first-order valence-corrected chi connectivity index (χ1v) is 7.32. The summed E-state index contributed by atoms with van der Waals surface area (Å²) in [5.74, 6) is 1.34. The van der Waals surface area contributed by atoms with Crippen molar-refractivity contribution in [3.63, 3.8) is 0 Å². The van der Waals surface area contributed by atoms with E-state index < -0.39 is 11.5 Å². The number of fused-ring (bicyclic) bond motifs is 1. The van der Waals surface area contributed by atoms with Crippen molar-refractivity contribution >= 4 is 0 Å². The summed E-state index contributed by atoms with van der Waals surface area (Å²) in [6, 6.07) is 7.72. The van der Waals surface area contributed by atoms with Crippen molar-refractivity contribution in [1.29, 1.82) is 5.26 Å². The zero-order chi connectivity index (χ0) is 14.7. The van der Waals surface area contributed by atoms with Crippen molar-refractivity contribution in [3.8, 4) is 17.6 Å². The van der Waals surface area contributed by atoms with Gasteiger partial charge in [0, 0.05) is 19.6 Å². The maximum absolute atomic E-state index is 10.7. The topological polar surface area (TPSA) is 71.7 Å². The Balaban J connectivity index is 1.89. The molecule has 1 unspecified atom stereocenters. The summed E-state index contributed by atoms with van der Waals surface area (Å²) in [4.78, 5) is 0. The van der Waals surface area contributed by atoms with Gasteiger partial charge in [0.2, 0.25) is 0 Å². The van der Waals surface area contributed by atoms with Crippen LogP contribution in [0.5, 0.6) is 11.5 Å². The van der Waals surface area contributed by atoms with Crippen LogP contribution in [0.4, 0.5) is 0 Å². The number of aliphatic hydroxyl groups excluding tert-OH is 1. The van der Waals surface area contributed by atoms with E-state index in [1.807, 2.05) is 12.1 Å². The molecule has 0 radical (unpaired) electrons. The van der Waals surface area contributed by atoms with Crippen LogP contribution in [-0.2, 0) is 4.74 Å². The van der Waals surface area contributed by atoms with Crippen LogP contribution in [-0.4, -0.2) is 31.5 Å². The van der Waals surface area contributed by atoms with Crippen LogP contribution in [0.2, 0.25) is 0 Å². The monoisotopic (exact) mass is 289 g/mol. The van der Waals surface area contributed by atoms with Gasteiger partial charge in [0.05, 0.1) is 30.8 Å². The fourth-order valence-corrected chi connectivity index (χ4v) is 2.85. The van der Waals surface area contributed by atoms with Gasteiger partial charge in [0.25, 0.3) is 0 Å². The Labute approximate surface area is 124 Å². The van der Waals surface area contributed by atoms with Crippen LogP contribution < -0.4 is 9.47 Å². The summed E-state index contributed by atoms with van der Waals surface area (Å²) >= 11 is 0. The molecule has 1 aromatic rings. The highest BCUT2D eigenvalue weighted by atomic mass is 16.5. The van der Waals surface area contributed by atoms with Gasteiger partial charge in [0.15, 0.2) is 11.5 Å². The average Bonchev–Trinajstić information content (AvgIpc) is 2.79. The molecule has 5 heteroatoms. The van der Waals surface area contributed by atoms with E-state index in [4.69, 9.17) is 14.2 Å². The number of nitriles is 1. The number of benzene rings is 1. The predicted molar refractivity (Wildman–Crippen MR) is 75.1 cm³/mol. The Hall–Kier alpha value is -1.77. The molecule has 3 rings (SSSR count). The van der Waals surface area contributed by atoms with Gasteiger partial charge in [-0.2, -0.15) is 5.26 Å². The molecule has 2 heterocycles. The smallest absolute Gasteiger partial charge is 0.161 e. The Morgan fingerprint density at radius 3 is 2.52 bits per heavy atom. The molecular formula is C16H19NO4. The summed E-state index contributed by atoms with van der Waals surface area (Å²) in [5.41, 5.74) is -0.0827. The fraction of sp³-hybridized carbons (Fsp3) is 0.562. The van der Waals surface area contributed by atoms with Gasteiger partial charge in [-0.15, -0.1) is 0 Å². The van der Waals surface area contributed by atoms with E-state index in [1.165, 1.54) is 0 Å². The minimum absolute atomic E-state index is 0.509. The molecule has 1 fully saturated rings. The lowest BCUT2D eigenvalue weighted by Gasteiger charge is -2.35. The second-order valence-corrected chi connectivity index (χ2v) is 5.54. The maximum atomic E-state index is 10.7. The van der Waals surface area contributed by atoms with E-state index in [9.17, 15) is 10.4 Å². The summed E-state index contributed by atoms with van der Waals surface area (Å²) < 4.78 is 16.6. The maximum Gasteiger partial charge on any atom is 0.161 e. The molecule has 2 aliphatic heterocycles. The van der Waals surface area contributed by atoms with Gasteiger partial charge in [0.1, 0.15) is 0 Å². The van der Waals surface area contributed by atoms with Gasteiger partial charge in [-0.3, -0.25) is 0 Å². The molecule has 0 bridgehead atoms. The lowest BCUT2D eigenvalue weighted by atomic mass is 9.74. The average molecular weight is 289 g/mol. The molecule has 1 atom stereocenters. The Bertz CT molecular complexity index is 546. The van der Waals surface area contributed by atoms with Crippen molar-refractivity contribution in [2.45, 2.75) is 25.4 Å². The molecule has 21 heavy (non-hydrogen) atoms. The molecular weight excluding hydrogens is 270 g/mol.